The molecule has 0 aliphatic heterocycles. The molecule has 112 valence electrons. The number of primary amides is 2. The van der Waals surface area contributed by atoms with E-state index in [1.807, 2.05) is 6.92 Å². The second-order valence-corrected chi connectivity index (χ2v) is 5.49. The van der Waals surface area contributed by atoms with Gasteiger partial charge in [-0.25, -0.2) is 0 Å². The molecule has 0 spiro atoms. The van der Waals surface area contributed by atoms with E-state index in [0.29, 0.717) is 6.42 Å². The minimum Gasteiger partial charge on any atom is -0.370 e. The zero-order chi connectivity index (χ0) is 14.5. The van der Waals surface area contributed by atoms with Crippen LogP contribution < -0.4 is 11.5 Å². The van der Waals surface area contributed by atoms with Gasteiger partial charge in [-0.1, -0.05) is 58.3 Å². The van der Waals surface area contributed by atoms with Gasteiger partial charge in [0.05, 0.1) is 0 Å². The molecule has 0 aromatic rings. The molecule has 0 heterocycles. The van der Waals surface area contributed by atoms with E-state index in [-0.39, 0.29) is 17.7 Å². The summed E-state index contributed by atoms with van der Waals surface area (Å²) < 4.78 is 0. The molecule has 0 fully saturated rings. The summed E-state index contributed by atoms with van der Waals surface area (Å²) in [5.74, 6) is -0.355. The summed E-state index contributed by atoms with van der Waals surface area (Å²) in [5, 5.41) is 0. The summed E-state index contributed by atoms with van der Waals surface area (Å²) in [6.45, 7) is 1.90. The number of nitrogens with two attached hydrogens (primary N) is 2. The highest BCUT2D eigenvalue weighted by Gasteiger charge is 2.06. The second kappa shape index (κ2) is 12.0. The van der Waals surface area contributed by atoms with Gasteiger partial charge in [0.1, 0.15) is 0 Å². The minimum atomic E-state index is -0.190. The molecule has 2 amide bonds. The largest absolute Gasteiger partial charge is 0.370 e. The highest BCUT2D eigenvalue weighted by Crippen LogP contribution is 2.13. The first kappa shape index (κ1) is 17.9. The summed E-state index contributed by atoms with van der Waals surface area (Å²) in [4.78, 5) is 21.3. The number of carbonyl (C=O) groups is 2. The number of rotatable bonds is 13. The van der Waals surface area contributed by atoms with Crippen molar-refractivity contribution in [2.24, 2.45) is 17.4 Å². The SMILES string of the molecule is CC(CCCCCCCCCCCC(N)=O)C(N)=O. The zero-order valence-electron chi connectivity index (χ0n) is 12.3. The molecular formula is C15H30N2O2. The highest BCUT2D eigenvalue weighted by molar-refractivity contribution is 5.76. The van der Waals surface area contributed by atoms with Crippen LogP contribution in [-0.4, -0.2) is 11.8 Å². The summed E-state index contributed by atoms with van der Waals surface area (Å²) >= 11 is 0. The molecule has 0 saturated heterocycles. The minimum absolute atomic E-state index is 0.0188. The van der Waals surface area contributed by atoms with Gasteiger partial charge in [0.15, 0.2) is 0 Å². The number of hydrogen-bond acceptors (Lipinski definition) is 2. The third-order valence-corrected chi connectivity index (χ3v) is 3.55. The number of unbranched alkanes of at least 4 members (excludes halogenated alkanes) is 8. The molecule has 19 heavy (non-hydrogen) atoms. The molecule has 0 aromatic carbocycles. The fraction of sp³-hybridized carbons (Fsp3) is 0.867. The van der Waals surface area contributed by atoms with Crippen LogP contribution in [0.1, 0.15) is 77.6 Å². The Morgan fingerprint density at radius 2 is 1.21 bits per heavy atom. The van der Waals surface area contributed by atoms with E-state index in [9.17, 15) is 9.59 Å². The van der Waals surface area contributed by atoms with Gasteiger partial charge in [0.2, 0.25) is 11.8 Å². The quantitative estimate of drug-likeness (QED) is 0.504. The molecule has 1 unspecified atom stereocenters. The van der Waals surface area contributed by atoms with Crippen molar-refractivity contribution in [1.82, 2.24) is 0 Å². The Hall–Kier alpha value is -1.06. The first-order valence-electron chi connectivity index (χ1n) is 7.61. The van der Waals surface area contributed by atoms with Gasteiger partial charge in [0, 0.05) is 12.3 Å². The lowest BCUT2D eigenvalue weighted by Crippen LogP contribution is -2.20. The van der Waals surface area contributed by atoms with Crippen molar-refractivity contribution in [3.63, 3.8) is 0 Å². The van der Waals surface area contributed by atoms with Crippen LogP contribution in [0, 0.1) is 5.92 Å². The van der Waals surface area contributed by atoms with Crippen molar-refractivity contribution in [1.29, 1.82) is 0 Å². The summed E-state index contributed by atoms with van der Waals surface area (Å²) in [5.41, 5.74) is 10.3. The van der Waals surface area contributed by atoms with Gasteiger partial charge in [-0.05, 0) is 12.8 Å². The molecule has 0 aliphatic carbocycles. The second-order valence-electron chi connectivity index (χ2n) is 5.49. The molecule has 0 rings (SSSR count). The predicted octanol–water partition coefficient (Wildman–Crippen LogP) is 2.88. The monoisotopic (exact) mass is 270 g/mol. The van der Waals surface area contributed by atoms with Gasteiger partial charge in [-0.3, -0.25) is 9.59 Å². The molecule has 4 heteroatoms. The van der Waals surface area contributed by atoms with E-state index in [0.717, 1.165) is 25.7 Å². The molecule has 4 N–H and O–H groups in total. The molecule has 0 radical (unpaired) electrons. The maximum Gasteiger partial charge on any atom is 0.220 e. The van der Waals surface area contributed by atoms with Crippen LogP contribution in [-0.2, 0) is 9.59 Å². The predicted molar refractivity (Wildman–Crippen MR) is 78.3 cm³/mol. The average molecular weight is 270 g/mol. The van der Waals surface area contributed by atoms with Crippen molar-refractivity contribution in [2.75, 3.05) is 0 Å². The van der Waals surface area contributed by atoms with Crippen LogP contribution in [0.5, 0.6) is 0 Å². The van der Waals surface area contributed by atoms with Gasteiger partial charge >= 0.3 is 0 Å². The van der Waals surface area contributed by atoms with E-state index in [2.05, 4.69) is 0 Å². The molecular weight excluding hydrogens is 240 g/mol. The molecule has 0 saturated carbocycles. The van der Waals surface area contributed by atoms with Crippen LogP contribution in [0.15, 0.2) is 0 Å². The third kappa shape index (κ3) is 13.2. The lowest BCUT2D eigenvalue weighted by molar-refractivity contribution is -0.121. The van der Waals surface area contributed by atoms with Crippen LogP contribution in [0.25, 0.3) is 0 Å². The fourth-order valence-electron chi connectivity index (χ4n) is 2.13. The molecule has 1 atom stereocenters. The van der Waals surface area contributed by atoms with E-state index in [1.165, 1.54) is 38.5 Å². The van der Waals surface area contributed by atoms with E-state index in [1.54, 1.807) is 0 Å². The molecule has 4 nitrogen and oxygen atoms in total. The zero-order valence-corrected chi connectivity index (χ0v) is 12.3. The molecule has 0 aromatic heterocycles. The van der Waals surface area contributed by atoms with Crippen molar-refractivity contribution < 1.29 is 9.59 Å². The Kier molecular flexibility index (Phi) is 11.3. The fourth-order valence-corrected chi connectivity index (χ4v) is 2.13. The maximum absolute atomic E-state index is 10.8. The van der Waals surface area contributed by atoms with Crippen molar-refractivity contribution in [3.8, 4) is 0 Å². The smallest absolute Gasteiger partial charge is 0.220 e. The van der Waals surface area contributed by atoms with Crippen molar-refractivity contribution >= 4 is 11.8 Å². The number of amides is 2. The highest BCUT2D eigenvalue weighted by atomic mass is 16.1. The van der Waals surface area contributed by atoms with E-state index in [4.69, 9.17) is 11.5 Å². The maximum atomic E-state index is 10.8. The standard InChI is InChI=1S/C15H30N2O2/c1-13(15(17)19)11-9-7-5-3-2-4-6-8-10-12-14(16)18/h13H,2-12H2,1H3,(H2,16,18)(H2,17,19). The van der Waals surface area contributed by atoms with Gasteiger partial charge < -0.3 is 11.5 Å². The Labute approximate surface area is 117 Å². The van der Waals surface area contributed by atoms with E-state index >= 15 is 0 Å². The lowest BCUT2D eigenvalue weighted by atomic mass is 10.0. The first-order chi connectivity index (χ1) is 9.04. The van der Waals surface area contributed by atoms with Crippen LogP contribution in [0.3, 0.4) is 0 Å². The Morgan fingerprint density at radius 3 is 1.63 bits per heavy atom. The van der Waals surface area contributed by atoms with E-state index < -0.39 is 0 Å². The Morgan fingerprint density at radius 1 is 0.789 bits per heavy atom. The van der Waals surface area contributed by atoms with Crippen LogP contribution in [0.2, 0.25) is 0 Å². The molecule has 0 aliphatic rings. The molecule has 0 bridgehead atoms. The number of hydrogen-bond donors (Lipinski definition) is 2. The van der Waals surface area contributed by atoms with Gasteiger partial charge in [0.25, 0.3) is 0 Å². The summed E-state index contributed by atoms with van der Waals surface area (Å²) in [6, 6.07) is 0. The average Bonchev–Trinajstić information content (AvgIpc) is 2.35. The van der Waals surface area contributed by atoms with Crippen LogP contribution >= 0.6 is 0 Å². The van der Waals surface area contributed by atoms with Gasteiger partial charge in [-0.15, -0.1) is 0 Å². The third-order valence-electron chi connectivity index (χ3n) is 3.55. The summed E-state index contributed by atoms with van der Waals surface area (Å²) in [6.07, 6.45) is 12.0. The number of carbonyl (C=O) groups excluding carboxylic acids is 2. The van der Waals surface area contributed by atoms with Crippen molar-refractivity contribution in [2.45, 2.75) is 77.6 Å². The van der Waals surface area contributed by atoms with Crippen LogP contribution in [0.4, 0.5) is 0 Å². The normalized spacial score (nSPS) is 12.3. The Balaban J connectivity index is 3.11. The topological polar surface area (TPSA) is 86.2 Å². The van der Waals surface area contributed by atoms with Crippen molar-refractivity contribution in [3.05, 3.63) is 0 Å². The van der Waals surface area contributed by atoms with Gasteiger partial charge in [-0.2, -0.15) is 0 Å². The lowest BCUT2D eigenvalue weighted by Gasteiger charge is -2.06. The first-order valence-corrected chi connectivity index (χ1v) is 7.61. The Bertz CT molecular complexity index is 255. The summed E-state index contributed by atoms with van der Waals surface area (Å²) in [7, 11) is 0.